The molecule has 2 N–H and O–H groups in total. The standard InChI is InChI=1S/C16H12O5/c1-20-13-5-2-9(6-12(13)18)7-15-16(19)11-4-3-10(17)8-14(11)21-15/h2-8,17-18H,1H3/b15-7-. The van der Waals surface area contributed by atoms with Gasteiger partial charge in [-0.15, -0.1) is 0 Å². The molecule has 3 rings (SSSR count). The zero-order valence-corrected chi connectivity index (χ0v) is 11.2. The second-order valence-electron chi connectivity index (χ2n) is 4.55. The topological polar surface area (TPSA) is 76.0 Å². The van der Waals surface area contributed by atoms with Crippen molar-refractivity contribution in [3.63, 3.8) is 0 Å². The van der Waals surface area contributed by atoms with Gasteiger partial charge < -0.3 is 19.7 Å². The summed E-state index contributed by atoms with van der Waals surface area (Å²) in [5, 5.41) is 19.1. The van der Waals surface area contributed by atoms with Gasteiger partial charge in [0.05, 0.1) is 12.7 Å². The van der Waals surface area contributed by atoms with Crippen molar-refractivity contribution < 1.29 is 24.5 Å². The molecule has 0 atom stereocenters. The van der Waals surface area contributed by atoms with Gasteiger partial charge in [-0.05, 0) is 35.9 Å². The predicted octanol–water partition coefficient (Wildman–Crippen LogP) is 2.72. The Hall–Kier alpha value is -2.95. The van der Waals surface area contributed by atoms with E-state index in [-0.39, 0.29) is 23.0 Å². The fourth-order valence-electron chi connectivity index (χ4n) is 2.12. The van der Waals surface area contributed by atoms with Gasteiger partial charge in [-0.25, -0.2) is 0 Å². The van der Waals surface area contributed by atoms with Gasteiger partial charge in [0.1, 0.15) is 11.5 Å². The summed E-state index contributed by atoms with van der Waals surface area (Å²) in [4.78, 5) is 12.2. The molecule has 106 valence electrons. The van der Waals surface area contributed by atoms with Crippen LogP contribution in [0.3, 0.4) is 0 Å². The Morgan fingerprint density at radius 3 is 2.67 bits per heavy atom. The molecule has 2 aromatic rings. The molecule has 0 unspecified atom stereocenters. The van der Waals surface area contributed by atoms with Crippen molar-refractivity contribution >= 4 is 11.9 Å². The molecule has 1 heterocycles. The third kappa shape index (κ3) is 2.29. The number of fused-ring (bicyclic) bond motifs is 1. The monoisotopic (exact) mass is 284 g/mol. The molecule has 0 saturated carbocycles. The summed E-state index contributed by atoms with van der Waals surface area (Å²) in [6, 6.07) is 9.10. The van der Waals surface area contributed by atoms with E-state index < -0.39 is 0 Å². The Bertz CT molecular complexity index is 761. The molecule has 0 fully saturated rings. The van der Waals surface area contributed by atoms with Crippen LogP contribution in [0.2, 0.25) is 0 Å². The Kier molecular flexibility index (Phi) is 3.02. The van der Waals surface area contributed by atoms with Gasteiger partial charge in [-0.2, -0.15) is 0 Å². The molecule has 0 bridgehead atoms. The summed E-state index contributed by atoms with van der Waals surface area (Å²) < 4.78 is 10.4. The summed E-state index contributed by atoms with van der Waals surface area (Å²) in [6.45, 7) is 0. The number of hydrogen-bond donors (Lipinski definition) is 2. The number of ketones is 1. The van der Waals surface area contributed by atoms with Crippen LogP contribution in [0, 0.1) is 0 Å². The molecule has 0 aromatic heterocycles. The Morgan fingerprint density at radius 1 is 1.14 bits per heavy atom. The third-order valence-corrected chi connectivity index (χ3v) is 3.15. The number of phenolic OH excluding ortho intramolecular Hbond substituents is 2. The number of phenols is 2. The van der Waals surface area contributed by atoms with Crippen LogP contribution in [0.5, 0.6) is 23.0 Å². The highest BCUT2D eigenvalue weighted by Gasteiger charge is 2.27. The van der Waals surface area contributed by atoms with Crippen molar-refractivity contribution in [1.82, 2.24) is 0 Å². The van der Waals surface area contributed by atoms with Crippen molar-refractivity contribution in [2.45, 2.75) is 0 Å². The van der Waals surface area contributed by atoms with E-state index in [9.17, 15) is 15.0 Å². The van der Waals surface area contributed by atoms with Crippen molar-refractivity contribution in [2.24, 2.45) is 0 Å². The van der Waals surface area contributed by atoms with E-state index in [0.717, 1.165) is 0 Å². The zero-order valence-electron chi connectivity index (χ0n) is 11.2. The first-order valence-electron chi connectivity index (χ1n) is 6.23. The fraction of sp³-hybridized carbons (Fsp3) is 0.0625. The lowest BCUT2D eigenvalue weighted by Gasteiger charge is -2.04. The number of rotatable bonds is 2. The second kappa shape index (κ2) is 4.86. The lowest BCUT2D eigenvalue weighted by Crippen LogP contribution is -1.98. The molecule has 5 heteroatoms. The minimum absolute atomic E-state index is 0.0209. The van der Waals surface area contributed by atoms with E-state index in [1.807, 2.05) is 0 Å². The number of aromatic hydroxyl groups is 2. The van der Waals surface area contributed by atoms with E-state index in [4.69, 9.17) is 9.47 Å². The first-order chi connectivity index (χ1) is 10.1. The quantitative estimate of drug-likeness (QED) is 0.829. The summed E-state index contributed by atoms with van der Waals surface area (Å²) in [5.74, 6) is 0.561. The number of allylic oxidation sites excluding steroid dienone is 1. The molecule has 0 aliphatic carbocycles. The van der Waals surface area contributed by atoms with Crippen LogP contribution in [0.15, 0.2) is 42.2 Å². The Labute approximate surface area is 120 Å². The van der Waals surface area contributed by atoms with E-state index in [2.05, 4.69) is 0 Å². The van der Waals surface area contributed by atoms with Gasteiger partial charge in [0.25, 0.3) is 0 Å². The number of benzene rings is 2. The van der Waals surface area contributed by atoms with Crippen LogP contribution in [-0.4, -0.2) is 23.1 Å². The fourth-order valence-corrected chi connectivity index (χ4v) is 2.12. The smallest absolute Gasteiger partial charge is 0.231 e. The minimum Gasteiger partial charge on any atom is -0.508 e. The normalized spacial score (nSPS) is 14.9. The summed E-state index contributed by atoms with van der Waals surface area (Å²) in [6.07, 6.45) is 1.53. The van der Waals surface area contributed by atoms with Crippen molar-refractivity contribution in [3.8, 4) is 23.0 Å². The van der Waals surface area contributed by atoms with E-state index in [0.29, 0.717) is 22.6 Å². The van der Waals surface area contributed by atoms with Gasteiger partial charge in [0.15, 0.2) is 17.3 Å². The maximum Gasteiger partial charge on any atom is 0.231 e. The molecule has 0 spiro atoms. The molecular weight excluding hydrogens is 272 g/mol. The van der Waals surface area contributed by atoms with Crippen LogP contribution >= 0.6 is 0 Å². The van der Waals surface area contributed by atoms with Gasteiger partial charge in [0, 0.05) is 6.07 Å². The molecule has 1 aliphatic rings. The number of carbonyl (C=O) groups excluding carboxylic acids is 1. The summed E-state index contributed by atoms with van der Waals surface area (Å²) in [5.41, 5.74) is 1.01. The largest absolute Gasteiger partial charge is 0.508 e. The van der Waals surface area contributed by atoms with Crippen LogP contribution in [0.25, 0.3) is 6.08 Å². The number of Topliss-reactive ketones (excluding diaryl/α,β-unsaturated/α-hetero) is 1. The molecule has 0 radical (unpaired) electrons. The molecule has 2 aromatic carbocycles. The number of carbonyl (C=O) groups is 1. The highest BCUT2D eigenvalue weighted by atomic mass is 16.5. The molecule has 5 nitrogen and oxygen atoms in total. The first kappa shape index (κ1) is 13.1. The van der Waals surface area contributed by atoms with Crippen molar-refractivity contribution in [2.75, 3.05) is 7.11 Å². The van der Waals surface area contributed by atoms with Gasteiger partial charge in [0.2, 0.25) is 5.78 Å². The van der Waals surface area contributed by atoms with Crippen LogP contribution < -0.4 is 9.47 Å². The van der Waals surface area contributed by atoms with Crippen molar-refractivity contribution in [3.05, 3.63) is 53.3 Å². The SMILES string of the molecule is COc1ccc(/C=C2\Oc3cc(O)ccc3C2=O)cc1O. The highest BCUT2D eigenvalue weighted by molar-refractivity contribution is 6.14. The zero-order chi connectivity index (χ0) is 15.0. The summed E-state index contributed by atoms with van der Waals surface area (Å²) in [7, 11) is 1.46. The molecule has 0 saturated heterocycles. The van der Waals surface area contributed by atoms with Crippen LogP contribution in [-0.2, 0) is 0 Å². The number of methoxy groups -OCH3 is 1. The average molecular weight is 284 g/mol. The Morgan fingerprint density at radius 2 is 1.95 bits per heavy atom. The maximum absolute atomic E-state index is 12.2. The highest BCUT2D eigenvalue weighted by Crippen LogP contribution is 2.35. The third-order valence-electron chi connectivity index (χ3n) is 3.15. The number of ether oxygens (including phenoxy) is 2. The van der Waals surface area contributed by atoms with E-state index in [1.54, 1.807) is 12.1 Å². The molecule has 0 amide bonds. The van der Waals surface area contributed by atoms with Gasteiger partial charge in [-0.1, -0.05) is 6.07 Å². The average Bonchev–Trinajstić information content (AvgIpc) is 2.75. The lowest BCUT2D eigenvalue weighted by molar-refractivity contribution is 0.101. The van der Waals surface area contributed by atoms with Crippen molar-refractivity contribution in [1.29, 1.82) is 0 Å². The Balaban J connectivity index is 1.95. The summed E-state index contributed by atoms with van der Waals surface area (Å²) >= 11 is 0. The first-order valence-corrected chi connectivity index (χ1v) is 6.23. The van der Waals surface area contributed by atoms with Crippen LogP contribution in [0.4, 0.5) is 0 Å². The lowest BCUT2D eigenvalue weighted by atomic mass is 10.1. The molecular formula is C16H12O5. The maximum atomic E-state index is 12.2. The van der Waals surface area contributed by atoms with Gasteiger partial charge >= 0.3 is 0 Å². The van der Waals surface area contributed by atoms with E-state index in [1.165, 1.54) is 37.5 Å². The second-order valence-corrected chi connectivity index (χ2v) is 4.55. The van der Waals surface area contributed by atoms with E-state index >= 15 is 0 Å². The molecule has 21 heavy (non-hydrogen) atoms. The molecule has 1 aliphatic heterocycles. The minimum atomic E-state index is -0.264. The number of hydrogen-bond acceptors (Lipinski definition) is 5. The van der Waals surface area contributed by atoms with Crippen LogP contribution in [0.1, 0.15) is 15.9 Å². The van der Waals surface area contributed by atoms with Gasteiger partial charge in [-0.3, -0.25) is 4.79 Å². The predicted molar refractivity (Wildman–Crippen MR) is 75.7 cm³/mol.